The fraction of sp³-hybridized carbons (Fsp3) is 0.773. The quantitative estimate of drug-likeness (QED) is 0.485. The summed E-state index contributed by atoms with van der Waals surface area (Å²) < 4.78 is 11.5. The van der Waals surface area contributed by atoms with E-state index in [1.807, 2.05) is 7.05 Å². The minimum atomic E-state index is 0. The second kappa shape index (κ2) is 13.7. The number of allylic oxidation sites excluding steroid dienone is 1. The molecule has 30 heavy (non-hydrogen) atoms. The van der Waals surface area contributed by atoms with Crippen molar-refractivity contribution in [1.82, 2.24) is 20.4 Å². The SMILES string of the molecule is CNCCN(C)Cc1c[nH]nc1C1=CC2(CCCC2)C(OCCCOC)CC1.Cl.Cl. The molecule has 2 aliphatic carbocycles. The maximum atomic E-state index is 6.36. The maximum Gasteiger partial charge on any atom is 0.0922 e. The number of aromatic amines is 1. The average molecular weight is 463 g/mol. The first-order valence-electron chi connectivity index (χ1n) is 10.9. The molecule has 0 bridgehead atoms. The number of nitrogens with one attached hydrogen (secondary N) is 2. The zero-order valence-electron chi connectivity index (χ0n) is 18.7. The van der Waals surface area contributed by atoms with E-state index in [1.54, 1.807) is 7.11 Å². The number of halogens is 2. The van der Waals surface area contributed by atoms with Gasteiger partial charge in [-0.3, -0.25) is 5.10 Å². The molecule has 2 aliphatic rings. The summed E-state index contributed by atoms with van der Waals surface area (Å²) in [5, 5.41) is 11.0. The summed E-state index contributed by atoms with van der Waals surface area (Å²) in [6, 6.07) is 0. The van der Waals surface area contributed by atoms with E-state index in [4.69, 9.17) is 9.47 Å². The maximum absolute atomic E-state index is 6.36. The number of aromatic nitrogens is 2. The molecule has 3 rings (SSSR count). The van der Waals surface area contributed by atoms with Gasteiger partial charge in [-0.1, -0.05) is 18.9 Å². The van der Waals surface area contributed by atoms with Crippen LogP contribution in [-0.4, -0.2) is 68.7 Å². The molecule has 1 heterocycles. The van der Waals surface area contributed by atoms with E-state index in [-0.39, 0.29) is 30.2 Å². The summed E-state index contributed by atoms with van der Waals surface area (Å²) in [7, 11) is 5.93. The highest BCUT2D eigenvalue weighted by atomic mass is 35.5. The third-order valence-electron chi connectivity index (χ3n) is 6.33. The van der Waals surface area contributed by atoms with Crippen LogP contribution in [0.1, 0.15) is 56.2 Å². The highest BCUT2D eigenvalue weighted by Gasteiger charge is 2.43. The van der Waals surface area contributed by atoms with Gasteiger partial charge in [0.2, 0.25) is 0 Å². The van der Waals surface area contributed by atoms with Crippen LogP contribution in [0.4, 0.5) is 0 Å². The van der Waals surface area contributed by atoms with Crippen LogP contribution in [0, 0.1) is 5.41 Å². The Hall–Kier alpha value is -0.630. The Morgan fingerprint density at radius 2 is 2.03 bits per heavy atom. The number of methoxy groups -OCH3 is 1. The monoisotopic (exact) mass is 462 g/mol. The highest BCUT2D eigenvalue weighted by molar-refractivity contribution is 5.85. The predicted octanol–water partition coefficient (Wildman–Crippen LogP) is 4.06. The minimum absolute atomic E-state index is 0. The van der Waals surface area contributed by atoms with E-state index >= 15 is 0 Å². The van der Waals surface area contributed by atoms with Gasteiger partial charge in [0.1, 0.15) is 0 Å². The molecule has 1 fully saturated rings. The molecule has 0 radical (unpaired) electrons. The Kier molecular flexibility index (Phi) is 12.5. The standard InChI is InChI=1S/C22H38N4O2.2ClH/c1-23-11-12-26(2)17-19-16-24-25-21(19)18-7-8-20(28-14-6-13-27-3)22(15-18)9-4-5-10-22;;/h15-16,20,23H,4-14,17H2,1-3H3,(H,24,25);2*1H. The lowest BCUT2D eigenvalue weighted by atomic mass is 9.72. The Bertz CT molecular complexity index is 632. The van der Waals surface area contributed by atoms with Crippen LogP contribution in [-0.2, 0) is 16.0 Å². The molecule has 174 valence electrons. The van der Waals surface area contributed by atoms with E-state index in [9.17, 15) is 0 Å². The van der Waals surface area contributed by atoms with Crippen molar-refractivity contribution < 1.29 is 9.47 Å². The van der Waals surface area contributed by atoms with Crippen LogP contribution in [0.3, 0.4) is 0 Å². The van der Waals surface area contributed by atoms with Gasteiger partial charge in [-0.05, 0) is 51.8 Å². The Morgan fingerprint density at radius 3 is 2.73 bits per heavy atom. The number of likely N-dealkylation sites (N-methyl/N-ethyl adjacent to an activating group) is 2. The first-order chi connectivity index (χ1) is 13.7. The summed E-state index contributed by atoms with van der Waals surface area (Å²) in [5.74, 6) is 0. The van der Waals surface area contributed by atoms with Crippen molar-refractivity contribution in [2.45, 2.75) is 57.6 Å². The normalized spacial score (nSPS) is 20.1. The molecule has 2 N–H and O–H groups in total. The van der Waals surface area contributed by atoms with Crippen LogP contribution < -0.4 is 5.32 Å². The van der Waals surface area contributed by atoms with E-state index < -0.39 is 0 Å². The van der Waals surface area contributed by atoms with Crippen LogP contribution in [0.2, 0.25) is 0 Å². The zero-order chi connectivity index (χ0) is 19.8. The van der Waals surface area contributed by atoms with E-state index in [1.165, 1.54) is 42.5 Å². The van der Waals surface area contributed by atoms with Gasteiger partial charge in [-0.2, -0.15) is 5.10 Å². The van der Waals surface area contributed by atoms with E-state index in [0.29, 0.717) is 6.10 Å². The van der Waals surface area contributed by atoms with Gasteiger partial charge in [0, 0.05) is 57.1 Å². The molecule has 1 aromatic heterocycles. The first-order valence-corrected chi connectivity index (χ1v) is 10.9. The molecule has 6 nitrogen and oxygen atoms in total. The van der Waals surface area contributed by atoms with Crippen LogP contribution in [0.15, 0.2) is 12.3 Å². The molecule has 0 aliphatic heterocycles. The van der Waals surface area contributed by atoms with Gasteiger partial charge in [-0.15, -0.1) is 24.8 Å². The van der Waals surface area contributed by atoms with Crippen molar-refractivity contribution in [3.8, 4) is 0 Å². The van der Waals surface area contributed by atoms with Crippen LogP contribution >= 0.6 is 24.8 Å². The Morgan fingerprint density at radius 1 is 1.27 bits per heavy atom. The predicted molar refractivity (Wildman–Crippen MR) is 128 cm³/mol. The van der Waals surface area contributed by atoms with Crippen molar-refractivity contribution in [1.29, 1.82) is 0 Å². The van der Waals surface area contributed by atoms with Crippen molar-refractivity contribution in [3.63, 3.8) is 0 Å². The molecule has 1 unspecified atom stereocenters. The Balaban J connectivity index is 0.00000225. The molecular weight excluding hydrogens is 423 g/mol. The average Bonchev–Trinajstić information content (AvgIpc) is 3.35. The highest BCUT2D eigenvalue weighted by Crippen LogP contribution is 2.50. The van der Waals surface area contributed by atoms with Gasteiger partial charge >= 0.3 is 0 Å². The van der Waals surface area contributed by atoms with Crippen molar-refractivity contribution in [2.75, 3.05) is 47.5 Å². The first kappa shape index (κ1) is 27.4. The molecule has 0 amide bonds. The lowest BCUT2D eigenvalue weighted by Gasteiger charge is -2.39. The largest absolute Gasteiger partial charge is 0.385 e. The van der Waals surface area contributed by atoms with Crippen molar-refractivity contribution >= 4 is 30.4 Å². The summed E-state index contributed by atoms with van der Waals surface area (Å²) in [4.78, 5) is 2.35. The summed E-state index contributed by atoms with van der Waals surface area (Å²) in [5.41, 5.74) is 4.09. The molecule has 0 aromatic carbocycles. The minimum Gasteiger partial charge on any atom is -0.385 e. The van der Waals surface area contributed by atoms with E-state index in [2.05, 4.69) is 39.7 Å². The number of H-pyrrole nitrogens is 1. The van der Waals surface area contributed by atoms with Gasteiger partial charge in [0.05, 0.1) is 11.8 Å². The number of ether oxygens (including phenoxy) is 2. The summed E-state index contributed by atoms with van der Waals surface area (Å²) >= 11 is 0. The molecule has 0 saturated heterocycles. The third kappa shape index (κ3) is 6.94. The zero-order valence-corrected chi connectivity index (χ0v) is 20.4. The molecule has 1 aromatic rings. The van der Waals surface area contributed by atoms with Crippen LogP contribution in [0.25, 0.3) is 5.57 Å². The second-order valence-electron chi connectivity index (χ2n) is 8.45. The molecule has 1 saturated carbocycles. The smallest absolute Gasteiger partial charge is 0.0922 e. The van der Waals surface area contributed by atoms with Gasteiger partial charge in [0.15, 0.2) is 0 Å². The fourth-order valence-electron chi connectivity index (χ4n) is 4.84. The summed E-state index contributed by atoms with van der Waals surface area (Å²) in [6.07, 6.45) is 13.2. The second-order valence-corrected chi connectivity index (χ2v) is 8.45. The number of rotatable bonds is 11. The Labute approximate surface area is 194 Å². The lowest BCUT2D eigenvalue weighted by Crippen LogP contribution is -2.36. The third-order valence-corrected chi connectivity index (χ3v) is 6.33. The topological polar surface area (TPSA) is 62.4 Å². The summed E-state index contributed by atoms with van der Waals surface area (Å²) in [6.45, 7) is 4.53. The van der Waals surface area contributed by atoms with Crippen molar-refractivity contribution in [2.24, 2.45) is 5.41 Å². The molecule has 1 atom stereocenters. The van der Waals surface area contributed by atoms with Gasteiger partial charge in [-0.25, -0.2) is 0 Å². The van der Waals surface area contributed by atoms with Gasteiger partial charge < -0.3 is 19.7 Å². The van der Waals surface area contributed by atoms with E-state index in [0.717, 1.165) is 52.1 Å². The van der Waals surface area contributed by atoms with Crippen molar-refractivity contribution in [3.05, 3.63) is 23.5 Å². The fourth-order valence-corrected chi connectivity index (χ4v) is 4.84. The molecule has 8 heteroatoms. The number of hydrogen-bond donors (Lipinski definition) is 2. The number of hydrogen-bond acceptors (Lipinski definition) is 5. The van der Waals surface area contributed by atoms with Gasteiger partial charge in [0.25, 0.3) is 0 Å². The number of nitrogens with zero attached hydrogens (tertiary/aromatic N) is 2. The van der Waals surface area contributed by atoms with Crippen LogP contribution in [0.5, 0.6) is 0 Å². The molecule has 1 spiro atoms. The molecular formula is C22H40Cl2N4O2. The lowest BCUT2D eigenvalue weighted by molar-refractivity contribution is -0.0309.